The molecule has 0 aliphatic carbocycles. The number of carbonyl (C=O) groups is 2. The number of urea groups is 1. The lowest BCUT2D eigenvalue weighted by atomic mass is 10.2. The normalized spacial score (nSPS) is 15.8. The molecule has 204 valence electrons. The fraction of sp³-hybridized carbons (Fsp3) is 0.308. The molecule has 2 fully saturated rings. The van der Waals surface area contributed by atoms with Crippen LogP contribution in [0.5, 0.6) is 0 Å². The Kier molecular flexibility index (Phi) is 8.46. The van der Waals surface area contributed by atoms with E-state index in [4.69, 9.17) is 21.1 Å². The van der Waals surface area contributed by atoms with Crippen LogP contribution in [-0.2, 0) is 14.3 Å². The Labute approximate surface area is 233 Å². The number of rotatable bonds is 6. The molecule has 5 rings (SSSR count). The molecular weight excluding hydrogens is 547 g/mol. The van der Waals surface area contributed by atoms with Crippen molar-refractivity contribution in [3.8, 4) is 11.4 Å². The number of thioether (sulfide) groups is 1. The van der Waals surface area contributed by atoms with Gasteiger partial charge in [-0.3, -0.25) is 4.79 Å². The topological polar surface area (TPSA) is 109 Å². The molecule has 2 N–H and O–H groups in total. The Morgan fingerprint density at radius 2 is 1.77 bits per heavy atom. The van der Waals surface area contributed by atoms with Gasteiger partial charge in [0.05, 0.1) is 30.4 Å². The summed E-state index contributed by atoms with van der Waals surface area (Å²) >= 11 is 7.92. The summed E-state index contributed by atoms with van der Waals surface area (Å²) in [7, 11) is 0. The zero-order valence-electron chi connectivity index (χ0n) is 21.1. The molecule has 0 bridgehead atoms. The highest BCUT2D eigenvalue weighted by Gasteiger charge is 2.22. The van der Waals surface area contributed by atoms with Crippen molar-refractivity contribution >= 4 is 58.2 Å². The van der Waals surface area contributed by atoms with Crippen LogP contribution in [0.1, 0.15) is 0 Å². The van der Waals surface area contributed by atoms with E-state index in [1.54, 1.807) is 35.2 Å². The third kappa shape index (κ3) is 6.25. The van der Waals surface area contributed by atoms with E-state index in [1.807, 2.05) is 6.26 Å². The summed E-state index contributed by atoms with van der Waals surface area (Å²) in [6.45, 7) is 3.48. The number of aromatic nitrogens is 2. The van der Waals surface area contributed by atoms with E-state index in [-0.39, 0.29) is 24.0 Å². The van der Waals surface area contributed by atoms with E-state index in [0.29, 0.717) is 67.4 Å². The highest BCUT2D eigenvalue weighted by atomic mass is 35.5. The molecule has 39 heavy (non-hydrogen) atoms. The number of anilines is 4. The molecule has 2 aliphatic rings. The van der Waals surface area contributed by atoms with Crippen LogP contribution >= 0.6 is 23.4 Å². The monoisotopic (exact) mass is 572 g/mol. The Balaban J connectivity index is 1.27. The van der Waals surface area contributed by atoms with Gasteiger partial charge in [-0.15, -0.1) is 11.8 Å². The van der Waals surface area contributed by atoms with Gasteiger partial charge >= 0.3 is 6.03 Å². The lowest BCUT2D eigenvalue weighted by Crippen LogP contribution is -2.41. The number of nitrogens with one attached hydrogen (secondary N) is 2. The molecule has 10 nitrogen and oxygen atoms in total. The van der Waals surface area contributed by atoms with Crippen molar-refractivity contribution in [1.82, 2.24) is 9.97 Å². The maximum absolute atomic E-state index is 15.0. The second-order valence-corrected chi connectivity index (χ2v) is 9.89. The summed E-state index contributed by atoms with van der Waals surface area (Å²) in [5.41, 5.74) is 1.62. The quantitative estimate of drug-likeness (QED) is 0.328. The number of morpholine rings is 2. The molecule has 0 spiro atoms. The summed E-state index contributed by atoms with van der Waals surface area (Å²) < 4.78 is 25.6. The van der Waals surface area contributed by atoms with E-state index in [1.165, 1.54) is 23.9 Å². The van der Waals surface area contributed by atoms with Crippen LogP contribution in [0, 0.1) is 5.82 Å². The maximum Gasteiger partial charge on any atom is 0.323 e. The minimum atomic E-state index is -0.648. The number of amides is 3. The first-order valence-corrected chi connectivity index (χ1v) is 13.8. The lowest BCUT2D eigenvalue weighted by molar-refractivity contribution is -0.125. The van der Waals surface area contributed by atoms with Gasteiger partial charge in [0.15, 0.2) is 5.82 Å². The van der Waals surface area contributed by atoms with E-state index >= 15 is 4.39 Å². The van der Waals surface area contributed by atoms with Crippen LogP contribution in [0.4, 0.5) is 32.1 Å². The second-order valence-electron chi connectivity index (χ2n) is 8.71. The number of carbonyl (C=O) groups excluding carboxylic acids is 2. The van der Waals surface area contributed by atoms with E-state index in [0.717, 1.165) is 4.90 Å². The van der Waals surface area contributed by atoms with Crippen LogP contribution in [0.2, 0.25) is 5.15 Å². The van der Waals surface area contributed by atoms with Crippen molar-refractivity contribution in [1.29, 1.82) is 0 Å². The zero-order chi connectivity index (χ0) is 27.4. The lowest BCUT2D eigenvalue weighted by Gasteiger charge is -2.29. The maximum atomic E-state index is 15.0. The van der Waals surface area contributed by atoms with Crippen molar-refractivity contribution < 1.29 is 23.5 Å². The molecule has 2 aliphatic heterocycles. The molecular formula is C26H26ClFN6O4S. The number of ether oxygens (including phenoxy) is 2. The first-order valence-electron chi connectivity index (χ1n) is 12.2. The number of hydrogen-bond acceptors (Lipinski definition) is 8. The second kappa shape index (κ2) is 12.2. The number of nitrogens with zero attached hydrogens (tertiary/aromatic N) is 4. The van der Waals surface area contributed by atoms with Gasteiger partial charge in [0.25, 0.3) is 5.91 Å². The Hall–Kier alpha value is -3.45. The van der Waals surface area contributed by atoms with Gasteiger partial charge in [-0.1, -0.05) is 11.6 Å². The van der Waals surface area contributed by atoms with Gasteiger partial charge in [-0.25, -0.2) is 19.2 Å². The minimum Gasteiger partial charge on any atom is -0.378 e. The van der Waals surface area contributed by atoms with E-state index in [2.05, 4.69) is 25.5 Å². The molecule has 0 atom stereocenters. The Morgan fingerprint density at radius 1 is 1.03 bits per heavy atom. The molecule has 3 aromatic rings. The minimum absolute atomic E-state index is 0.00739. The molecule has 2 aromatic carbocycles. The Bertz CT molecular complexity index is 1370. The van der Waals surface area contributed by atoms with Crippen molar-refractivity contribution in [3.05, 3.63) is 53.4 Å². The first-order chi connectivity index (χ1) is 18.9. The SMILES string of the molecule is CSc1c(Cl)nc(-c2ccc(NC(=O)Nc3ccc(N4CCOCC4=O)cc3)c(F)c2)nc1N1CCOCC1. The van der Waals surface area contributed by atoms with Crippen LogP contribution < -0.4 is 20.4 Å². The smallest absolute Gasteiger partial charge is 0.323 e. The molecule has 3 amide bonds. The van der Waals surface area contributed by atoms with Crippen LogP contribution in [0.25, 0.3) is 11.4 Å². The Morgan fingerprint density at radius 3 is 2.46 bits per heavy atom. The fourth-order valence-electron chi connectivity index (χ4n) is 4.26. The molecule has 13 heteroatoms. The van der Waals surface area contributed by atoms with Gasteiger partial charge in [0.1, 0.15) is 23.4 Å². The van der Waals surface area contributed by atoms with Gasteiger partial charge < -0.3 is 29.9 Å². The van der Waals surface area contributed by atoms with Crippen LogP contribution in [0.3, 0.4) is 0 Å². The fourth-order valence-corrected chi connectivity index (χ4v) is 5.23. The van der Waals surface area contributed by atoms with Gasteiger partial charge in [-0.2, -0.15) is 0 Å². The molecule has 0 unspecified atom stereocenters. The van der Waals surface area contributed by atoms with Crippen molar-refractivity contribution in [3.63, 3.8) is 0 Å². The summed E-state index contributed by atoms with van der Waals surface area (Å²) in [6.07, 6.45) is 1.90. The van der Waals surface area contributed by atoms with Crippen LogP contribution in [0.15, 0.2) is 47.4 Å². The van der Waals surface area contributed by atoms with Gasteiger partial charge in [0, 0.05) is 36.6 Å². The highest BCUT2D eigenvalue weighted by molar-refractivity contribution is 7.98. The first kappa shape index (κ1) is 27.1. The van der Waals surface area contributed by atoms with E-state index < -0.39 is 11.8 Å². The number of benzene rings is 2. The van der Waals surface area contributed by atoms with Crippen molar-refractivity contribution in [2.75, 3.05) is 72.8 Å². The third-order valence-corrected chi connectivity index (χ3v) is 7.39. The van der Waals surface area contributed by atoms with E-state index in [9.17, 15) is 9.59 Å². The summed E-state index contributed by atoms with van der Waals surface area (Å²) in [5.74, 6) is 0.203. The molecule has 2 saturated heterocycles. The average Bonchev–Trinajstić information content (AvgIpc) is 2.95. The largest absolute Gasteiger partial charge is 0.378 e. The number of hydrogen-bond donors (Lipinski definition) is 2. The van der Waals surface area contributed by atoms with Crippen molar-refractivity contribution in [2.24, 2.45) is 0 Å². The number of halogens is 2. The standard InChI is InChI=1S/C26H26ClFN6O4S/c1-39-22-23(27)31-24(32-25(22)33-8-11-37-12-9-33)16-2-7-20(19(28)14-16)30-26(36)29-17-3-5-18(6-4-17)34-10-13-38-15-21(34)35/h2-7,14H,8-13,15H2,1H3,(H2,29,30,36). The predicted octanol–water partition coefficient (Wildman–Crippen LogP) is 4.50. The molecule has 1 aromatic heterocycles. The molecule has 0 saturated carbocycles. The van der Waals surface area contributed by atoms with Gasteiger partial charge in [0.2, 0.25) is 0 Å². The zero-order valence-corrected chi connectivity index (χ0v) is 22.6. The van der Waals surface area contributed by atoms with Gasteiger partial charge in [-0.05, 0) is 48.7 Å². The summed E-state index contributed by atoms with van der Waals surface area (Å²) in [5, 5.41) is 5.47. The molecule has 3 heterocycles. The summed E-state index contributed by atoms with van der Waals surface area (Å²) in [4.78, 5) is 38.1. The average molecular weight is 573 g/mol. The van der Waals surface area contributed by atoms with Crippen LogP contribution in [-0.4, -0.2) is 74.2 Å². The summed E-state index contributed by atoms with van der Waals surface area (Å²) in [6, 6.07) is 10.5. The highest BCUT2D eigenvalue weighted by Crippen LogP contribution is 2.35. The third-order valence-electron chi connectivity index (χ3n) is 6.22. The molecule has 0 radical (unpaired) electrons. The predicted molar refractivity (Wildman–Crippen MR) is 150 cm³/mol. The van der Waals surface area contributed by atoms with Crippen molar-refractivity contribution in [2.45, 2.75) is 4.90 Å².